The molecule has 1 fully saturated rings. The number of carbonyl (C=O) groups is 1. The van der Waals surface area contributed by atoms with Crippen LogP contribution in [0, 0.1) is 5.92 Å². The van der Waals surface area contributed by atoms with Crippen LogP contribution in [0.1, 0.15) is 25.3 Å². The van der Waals surface area contributed by atoms with E-state index in [1.54, 1.807) is 13.2 Å². The predicted octanol–water partition coefficient (Wildman–Crippen LogP) is 1.38. The quantitative estimate of drug-likeness (QED) is 0.784. The molecule has 1 heterocycles. The summed E-state index contributed by atoms with van der Waals surface area (Å²) in [5, 5.41) is 2.89. The molecule has 0 saturated carbocycles. The molecule has 0 aliphatic carbocycles. The minimum Gasteiger partial charge on any atom is -0.493 e. The van der Waals surface area contributed by atoms with E-state index in [0.717, 1.165) is 5.56 Å². The van der Waals surface area contributed by atoms with Crippen LogP contribution in [-0.2, 0) is 21.4 Å². The van der Waals surface area contributed by atoms with E-state index in [0.29, 0.717) is 44.0 Å². The van der Waals surface area contributed by atoms with Gasteiger partial charge in [0.2, 0.25) is 15.9 Å². The van der Waals surface area contributed by atoms with Gasteiger partial charge in [-0.15, -0.1) is 0 Å². The van der Waals surface area contributed by atoms with E-state index in [1.807, 2.05) is 19.1 Å². The fraction of sp³-hybridized carbons (Fsp3) is 0.588. The number of carbonyl (C=O) groups excluding carboxylic acids is 1. The smallest absolute Gasteiger partial charge is 0.224 e. The van der Waals surface area contributed by atoms with Crippen molar-refractivity contribution >= 4 is 15.9 Å². The number of hydrogen-bond donors (Lipinski definition) is 1. The Balaban J connectivity index is 1.96. The van der Waals surface area contributed by atoms with Crippen LogP contribution in [0.3, 0.4) is 0 Å². The van der Waals surface area contributed by atoms with Crippen LogP contribution in [0.2, 0.25) is 0 Å². The number of ether oxygens (including phenoxy) is 2. The minimum atomic E-state index is -3.26. The number of rotatable bonds is 7. The summed E-state index contributed by atoms with van der Waals surface area (Å²) in [6.45, 7) is 3.51. The summed E-state index contributed by atoms with van der Waals surface area (Å²) in [6, 6.07) is 5.51. The predicted molar refractivity (Wildman–Crippen MR) is 95.2 cm³/mol. The van der Waals surface area contributed by atoms with Crippen molar-refractivity contribution in [2.45, 2.75) is 26.3 Å². The second-order valence-electron chi connectivity index (χ2n) is 6.10. The first-order valence-electron chi connectivity index (χ1n) is 8.37. The highest BCUT2D eigenvalue weighted by Crippen LogP contribution is 2.28. The maximum Gasteiger partial charge on any atom is 0.224 e. The second-order valence-corrected chi connectivity index (χ2v) is 8.08. The third-order valence-corrected chi connectivity index (χ3v) is 5.49. The van der Waals surface area contributed by atoms with Gasteiger partial charge in [-0.1, -0.05) is 6.07 Å². The van der Waals surface area contributed by atoms with Crippen LogP contribution in [-0.4, -0.2) is 51.7 Å². The molecule has 8 heteroatoms. The summed E-state index contributed by atoms with van der Waals surface area (Å²) < 4.78 is 35.5. The zero-order valence-electron chi connectivity index (χ0n) is 14.9. The van der Waals surface area contributed by atoms with Crippen LogP contribution in [0.15, 0.2) is 18.2 Å². The van der Waals surface area contributed by atoms with Gasteiger partial charge in [-0.25, -0.2) is 12.7 Å². The maximum absolute atomic E-state index is 12.4. The zero-order valence-corrected chi connectivity index (χ0v) is 15.8. The van der Waals surface area contributed by atoms with Gasteiger partial charge < -0.3 is 14.8 Å². The first kappa shape index (κ1) is 19.5. The minimum absolute atomic E-state index is 0.123. The zero-order chi connectivity index (χ0) is 18.4. The standard InChI is InChI=1S/C17H26N2O5S/c1-4-24-16-10-13(7-8-15(16)23-2)11-18-17(20)14-6-5-9-19(12-14)25(3,21)22/h7-8,10,14H,4-6,9,11-12H2,1-3H3,(H,18,20). The number of nitrogens with one attached hydrogen (secondary N) is 1. The lowest BCUT2D eigenvalue weighted by Gasteiger charge is -2.30. The Morgan fingerprint density at radius 2 is 2.12 bits per heavy atom. The molecule has 1 atom stereocenters. The second kappa shape index (κ2) is 8.53. The molecule has 1 unspecified atom stereocenters. The largest absolute Gasteiger partial charge is 0.493 e. The van der Waals surface area contributed by atoms with Gasteiger partial charge in [-0.05, 0) is 37.5 Å². The number of nitrogens with zero attached hydrogens (tertiary/aromatic N) is 1. The third-order valence-electron chi connectivity index (χ3n) is 4.22. The van der Waals surface area contributed by atoms with E-state index < -0.39 is 10.0 Å². The highest BCUT2D eigenvalue weighted by molar-refractivity contribution is 7.88. The summed E-state index contributed by atoms with van der Waals surface area (Å²) in [5.41, 5.74) is 0.897. The molecule has 25 heavy (non-hydrogen) atoms. The van der Waals surface area contributed by atoms with Crippen molar-refractivity contribution in [1.29, 1.82) is 0 Å². The average molecular weight is 370 g/mol. The first-order chi connectivity index (χ1) is 11.8. The van der Waals surface area contributed by atoms with Crippen molar-refractivity contribution in [2.24, 2.45) is 5.92 Å². The van der Waals surface area contributed by atoms with Gasteiger partial charge in [0.25, 0.3) is 0 Å². The van der Waals surface area contributed by atoms with Gasteiger partial charge >= 0.3 is 0 Å². The van der Waals surface area contributed by atoms with Gasteiger partial charge in [-0.2, -0.15) is 0 Å². The van der Waals surface area contributed by atoms with Crippen LogP contribution in [0.4, 0.5) is 0 Å². The van der Waals surface area contributed by atoms with Gasteiger partial charge in [-0.3, -0.25) is 4.79 Å². The van der Waals surface area contributed by atoms with Crippen molar-refractivity contribution in [3.8, 4) is 11.5 Å². The third kappa shape index (κ3) is 5.34. The number of piperidine rings is 1. The fourth-order valence-corrected chi connectivity index (χ4v) is 3.80. The summed E-state index contributed by atoms with van der Waals surface area (Å²) in [5.74, 6) is 0.848. The van der Waals surface area contributed by atoms with E-state index >= 15 is 0 Å². The number of sulfonamides is 1. The monoisotopic (exact) mass is 370 g/mol. The molecule has 1 aromatic carbocycles. The average Bonchev–Trinajstić information content (AvgIpc) is 2.59. The number of methoxy groups -OCH3 is 1. The molecule has 140 valence electrons. The molecule has 1 N–H and O–H groups in total. The number of benzene rings is 1. The van der Waals surface area contributed by atoms with E-state index in [9.17, 15) is 13.2 Å². The highest BCUT2D eigenvalue weighted by atomic mass is 32.2. The molecule has 1 aromatic rings. The van der Waals surface area contributed by atoms with Crippen LogP contribution < -0.4 is 14.8 Å². The highest BCUT2D eigenvalue weighted by Gasteiger charge is 2.29. The lowest BCUT2D eigenvalue weighted by atomic mass is 9.98. The van der Waals surface area contributed by atoms with Crippen LogP contribution in [0.5, 0.6) is 11.5 Å². The molecular weight excluding hydrogens is 344 g/mol. The molecule has 7 nitrogen and oxygen atoms in total. The number of amides is 1. The Kier molecular flexibility index (Phi) is 6.66. The lowest BCUT2D eigenvalue weighted by Crippen LogP contribution is -2.44. The molecule has 1 aliphatic rings. The molecular formula is C17H26N2O5S. The van der Waals surface area contributed by atoms with E-state index in [2.05, 4.69) is 5.32 Å². The molecule has 1 amide bonds. The van der Waals surface area contributed by atoms with Gasteiger partial charge in [0.05, 0.1) is 25.9 Å². The molecule has 0 aromatic heterocycles. The Morgan fingerprint density at radius 1 is 1.36 bits per heavy atom. The lowest BCUT2D eigenvalue weighted by molar-refractivity contribution is -0.126. The number of hydrogen-bond acceptors (Lipinski definition) is 5. The SMILES string of the molecule is CCOc1cc(CNC(=O)C2CCCN(S(C)(=O)=O)C2)ccc1OC. The van der Waals surface area contributed by atoms with Crippen molar-refractivity contribution in [3.63, 3.8) is 0 Å². The molecule has 0 spiro atoms. The van der Waals surface area contributed by atoms with Gasteiger partial charge in [0.1, 0.15) is 0 Å². The molecule has 1 saturated heterocycles. The molecule has 1 aliphatic heterocycles. The van der Waals surface area contributed by atoms with Gasteiger partial charge in [0.15, 0.2) is 11.5 Å². The topological polar surface area (TPSA) is 84.9 Å². The first-order valence-corrected chi connectivity index (χ1v) is 10.2. The molecule has 0 bridgehead atoms. The van der Waals surface area contributed by atoms with Crippen molar-refractivity contribution in [3.05, 3.63) is 23.8 Å². The Hall–Kier alpha value is -1.80. The van der Waals surface area contributed by atoms with Crippen molar-refractivity contribution in [1.82, 2.24) is 9.62 Å². The van der Waals surface area contributed by atoms with Crippen molar-refractivity contribution in [2.75, 3.05) is 33.1 Å². The van der Waals surface area contributed by atoms with Crippen molar-refractivity contribution < 1.29 is 22.7 Å². The molecule has 0 radical (unpaired) electrons. The molecule has 2 rings (SSSR count). The van der Waals surface area contributed by atoms with E-state index in [4.69, 9.17) is 9.47 Å². The van der Waals surface area contributed by atoms with E-state index in [1.165, 1.54) is 10.6 Å². The maximum atomic E-state index is 12.4. The van der Waals surface area contributed by atoms with Gasteiger partial charge in [0, 0.05) is 19.6 Å². The normalized spacial score (nSPS) is 18.6. The summed E-state index contributed by atoms with van der Waals surface area (Å²) in [6.07, 6.45) is 2.58. The fourth-order valence-electron chi connectivity index (χ4n) is 2.89. The van der Waals surface area contributed by atoms with Crippen LogP contribution in [0.25, 0.3) is 0 Å². The van der Waals surface area contributed by atoms with Crippen LogP contribution >= 0.6 is 0 Å². The van der Waals surface area contributed by atoms with E-state index in [-0.39, 0.29) is 18.4 Å². The summed E-state index contributed by atoms with van der Waals surface area (Å²) >= 11 is 0. The Labute approximate surface area is 149 Å². The summed E-state index contributed by atoms with van der Waals surface area (Å²) in [4.78, 5) is 12.4. The summed E-state index contributed by atoms with van der Waals surface area (Å²) in [7, 11) is -1.68. The Bertz CT molecular complexity index is 705. The Morgan fingerprint density at radius 3 is 2.76 bits per heavy atom.